The third kappa shape index (κ3) is 3.58. The van der Waals surface area contributed by atoms with E-state index in [1.54, 1.807) is 18.5 Å². The number of amides is 1. The summed E-state index contributed by atoms with van der Waals surface area (Å²) in [6.45, 7) is 7.44. The quantitative estimate of drug-likeness (QED) is 0.881. The molecule has 3 rings (SSSR count). The van der Waals surface area contributed by atoms with Gasteiger partial charge in [-0.25, -0.2) is 15.0 Å². The van der Waals surface area contributed by atoms with E-state index in [1.165, 1.54) is 11.3 Å². The molecule has 2 aromatic rings. The Morgan fingerprint density at radius 1 is 1.38 bits per heavy atom. The summed E-state index contributed by atoms with van der Waals surface area (Å²) in [7, 11) is 0. The fourth-order valence-electron chi connectivity index (χ4n) is 2.79. The Hall–Kier alpha value is -1.57. The van der Waals surface area contributed by atoms with E-state index in [-0.39, 0.29) is 29.8 Å². The lowest BCUT2D eigenvalue weighted by Gasteiger charge is -2.42. The number of hydrogen-bond acceptors (Lipinski definition) is 6. The van der Waals surface area contributed by atoms with Crippen molar-refractivity contribution in [2.45, 2.75) is 33.2 Å². The van der Waals surface area contributed by atoms with Gasteiger partial charge in [0.1, 0.15) is 4.88 Å². The van der Waals surface area contributed by atoms with Gasteiger partial charge >= 0.3 is 0 Å². The molecule has 0 aromatic carbocycles. The van der Waals surface area contributed by atoms with Crippen LogP contribution in [-0.2, 0) is 0 Å². The van der Waals surface area contributed by atoms with Crippen molar-refractivity contribution < 1.29 is 4.79 Å². The Morgan fingerprint density at radius 3 is 2.67 bits per heavy atom. The van der Waals surface area contributed by atoms with Gasteiger partial charge in [-0.05, 0) is 24.8 Å². The number of carbonyl (C=O) groups excluding carboxylic acids is 1. The van der Waals surface area contributed by atoms with Crippen molar-refractivity contribution in [2.24, 2.45) is 11.1 Å². The largest absolute Gasteiger partial charge is 0.337 e. The maximum Gasteiger partial charge on any atom is 0.265 e. The Kier molecular flexibility index (Phi) is 5.57. The first kappa shape index (κ1) is 18.8. The van der Waals surface area contributed by atoms with Crippen LogP contribution in [0.3, 0.4) is 0 Å². The summed E-state index contributed by atoms with van der Waals surface area (Å²) >= 11 is 1.36. The highest BCUT2D eigenvalue weighted by molar-refractivity contribution is 7.17. The zero-order valence-electron chi connectivity index (χ0n) is 14.0. The van der Waals surface area contributed by atoms with Crippen molar-refractivity contribution in [3.8, 4) is 10.8 Å². The van der Waals surface area contributed by atoms with E-state index >= 15 is 0 Å². The summed E-state index contributed by atoms with van der Waals surface area (Å²) in [5.74, 6) is 0.586. The molecule has 6 nitrogen and oxygen atoms in total. The molecule has 1 amide bonds. The molecule has 8 heteroatoms. The van der Waals surface area contributed by atoms with Crippen LogP contribution in [0.2, 0.25) is 0 Å². The molecule has 2 N–H and O–H groups in total. The molecule has 130 valence electrons. The molecule has 2 aromatic heterocycles. The highest BCUT2D eigenvalue weighted by atomic mass is 35.5. The van der Waals surface area contributed by atoms with E-state index in [9.17, 15) is 4.79 Å². The summed E-state index contributed by atoms with van der Waals surface area (Å²) in [4.78, 5) is 28.3. The van der Waals surface area contributed by atoms with Crippen LogP contribution in [0, 0.1) is 12.3 Å². The molecular weight excluding hydrogens is 346 g/mol. The standard InChI is InChI=1S/C16H21N5OS.ClH/c1-10-12(23-14(20-10)13-18-6-4-7-19-13)15(22)21-8-5-11(17)16(2,3)9-21;/h4,6-7,11H,5,8-9,17H2,1-3H3;1H. The second kappa shape index (κ2) is 7.13. The number of aromatic nitrogens is 3. The predicted molar refractivity (Wildman–Crippen MR) is 97.4 cm³/mol. The van der Waals surface area contributed by atoms with Crippen LogP contribution in [0.25, 0.3) is 10.8 Å². The SMILES string of the molecule is Cc1nc(-c2ncccn2)sc1C(=O)N1CCC(N)C(C)(C)C1.Cl. The zero-order valence-corrected chi connectivity index (χ0v) is 15.7. The van der Waals surface area contributed by atoms with Gasteiger partial charge in [-0.2, -0.15) is 0 Å². The lowest BCUT2D eigenvalue weighted by molar-refractivity contribution is 0.0536. The molecule has 24 heavy (non-hydrogen) atoms. The Bertz CT molecular complexity index is 719. The summed E-state index contributed by atoms with van der Waals surface area (Å²) in [5.41, 5.74) is 6.82. The molecule has 0 radical (unpaired) electrons. The molecule has 3 heterocycles. The van der Waals surface area contributed by atoms with E-state index in [1.807, 2.05) is 11.8 Å². The minimum absolute atomic E-state index is 0. The number of thiazole rings is 1. The molecule has 1 aliphatic heterocycles. The van der Waals surface area contributed by atoms with Gasteiger partial charge in [0.15, 0.2) is 10.8 Å². The summed E-state index contributed by atoms with van der Waals surface area (Å²) in [6, 6.07) is 1.89. The van der Waals surface area contributed by atoms with Crippen LogP contribution >= 0.6 is 23.7 Å². The smallest absolute Gasteiger partial charge is 0.265 e. The third-order valence-electron chi connectivity index (χ3n) is 4.35. The first-order chi connectivity index (χ1) is 10.9. The average molecular weight is 368 g/mol. The van der Waals surface area contributed by atoms with Crippen molar-refractivity contribution in [1.29, 1.82) is 0 Å². The summed E-state index contributed by atoms with van der Waals surface area (Å²) in [5, 5.41) is 0.680. The minimum atomic E-state index is -0.0716. The number of aryl methyl sites for hydroxylation is 1. The number of piperidine rings is 1. The van der Waals surface area contributed by atoms with Crippen molar-refractivity contribution in [2.75, 3.05) is 13.1 Å². The topological polar surface area (TPSA) is 85.0 Å². The molecule has 0 bridgehead atoms. The number of hydrogen-bond donors (Lipinski definition) is 1. The van der Waals surface area contributed by atoms with Crippen LogP contribution in [0.5, 0.6) is 0 Å². The van der Waals surface area contributed by atoms with Crippen molar-refractivity contribution >= 4 is 29.7 Å². The minimum Gasteiger partial charge on any atom is -0.337 e. The van der Waals surface area contributed by atoms with E-state index in [2.05, 4.69) is 28.8 Å². The molecule has 1 saturated heterocycles. The van der Waals surface area contributed by atoms with Gasteiger partial charge in [0, 0.05) is 31.5 Å². The highest BCUT2D eigenvalue weighted by Gasteiger charge is 2.36. The van der Waals surface area contributed by atoms with Gasteiger partial charge in [-0.3, -0.25) is 4.79 Å². The monoisotopic (exact) mass is 367 g/mol. The van der Waals surface area contributed by atoms with Crippen LogP contribution in [0.1, 0.15) is 35.6 Å². The fraction of sp³-hybridized carbons (Fsp3) is 0.500. The van der Waals surface area contributed by atoms with Gasteiger partial charge in [0.2, 0.25) is 0 Å². The highest BCUT2D eigenvalue weighted by Crippen LogP contribution is 2.31. The first-order valence-electron chi connectivity index (χ1n) is 7.68. The van der Waals surface area contributed by atoms with E-state index < -0.39 is 0 Å². The molecule has 0 spiro atoms. The second-order valence-electron chi connectivity index (χ2n) is 6.62. The molecule has 1 unspecified atom stereocenters. The Labute approximate surface area is 151 Å². The van der Waals surface area contributed by atoms with Crippen LogP contribution in [0.15, 0.2) is 18.5 Å². The maximum atomic E-state index is 12.9. The van der Waals surface area contributed by atoms with Gasteiger partial charge in [0.25, 0.3) is 5.91 Å². The number of rotatable bonds is 2. The maximum absolute atomic E-state index is 12.9. The van der Waals surface area contributed by atoms with E-state index in [0.29, 0.717) is 28.8 Å². The van der Waals surface area contributed by atoms with E-state index in [4.69, 9.17) is 5.73 Å². The van der Waals surface area contributed by atoms with Crippen molar-refractivity contribution in [3.05, 3.63) is 29.0 Å². The summed E-state index contributed by atoms with van der Waals surface area (Å²) in [6.07, 6.45) is 4.18. The van der Waals surface area contributed by atoms with Gasteiger partial charge in [-0.1, -0.05) is 13.8 Å². The zero-order chi connectivity index (χ0) is 16.6. The first-order valence-corrected chi connectivity index (χ1v) is 8.50. The lowest BCUT2D eigenvalue weighted by atomic mass is 9.79. The molecule has 0 aliphatic carbocycles. The number of nitrogens with two attached hydrogens (primary N) is 1. The molecule has 1 fully saturated rings. The molecule has 0 saturated carbocycles. The average Bonchev–Trinajstić information content (AvgIpc) is 2.92. The number of likely N-dealkylation sites (tertiary alicyclic amines) is 1. The van der Waals surface area contributed by atoms with Crippen molar-refractivity contribution in [1.82, 2.24) is 19.9 Å². The number of halogens is 1. The van der Waals surface area contributed by atoms with Gasteiger partial charge in [0.05, 0.1) is 5.69 Å². The van der Waals surface area contributed by atoms with Crippen LogP contribution < -0.4 is 5.73 Å². The molecular formula is C16H22ClN5OS. The van der Waals surface area contributed by atoms with Gasteiger partial charge in [-0.15, -0.1) is 23.7 Å². The predicted octanol–water partition coefficient (Wildman–Crippen LogP) is 2.53. The number of carbonyl (C=O) groups is 1. The molecule has 1 aliphatic rings. The normalized spacial score (nSPS) is 19.7. The van der Waals surface area contributed by atoms with E-state index in [0.717, 1.165) is 12.1 Å². The Balaban J connectivity index is 0.00000208. The Morgan fingerprint density at radius 2 is 2.04 bits per heavy atom. The van der Waals surface area contributed by atoms with Crippen LogP contribution in [-0.4, -0.2) is 44.9 Å². The number of nitrogens with zero attached hydrogens (tertiary/aromatic N) is 4. The van der Waals surface area contributed by atoms with Gasteiger partial charge < -0.3 is 10.6 Å². The summed E-state index contributed by atoms with van der Waals surface area (Å²) < 4.78 is 0. The third-order valence-corrected chi connectivity index (χ3v) is 5.49. The van der Waals surface area contributed by atoms with Crippen LogP contribution in [0.4, 0.5) is 0 Å². The van der Waals surface area contributed by atoms with Crippen molar-refractivity contribution in [3.63, 3.8) is 0 Å². The second-order valence-corrected chi connectivity index (χ2v) is 7.62. The fourth-order valence-corrected chi connectivity index (χ4v) is 3.77. The molecule has 1 atom stereocenters. The lowest BCUT2D eigenvalue weighted by Crippen LogP contribution is -2.53.